The average Bonchev–Trinajstić information content (AvgIpc) is 2.98. The number of aliphatic hydroxyl groups is 1. The van der Waals surface area contributed by atoms with E-state index in [4.69, 9.17) is 14.3 Å². The van der Waals surface area contributed by atoms with E-state index in [2.05, 4.69) is 13.0 Å². The van der Waals surface area contributed by atoms with Crippen molar-refractivity contribution >= 4 is 16.9 Å². The molecule has 5 nitrogen and oxygen atoms in total. The second-order valence-electron chi connectivity index (χ2n) is 6.52. The van der Waals surface area contributed by atoms with Gasteiger partial charge in [0.05, 0.1) is 6.10 Å². The maximum absolute atomic E-state index is 12.7. The number of piperidine rings is 1. The number of aryl methyl sites for hydroxylation is 2. The highest BCUT2D eigenvalue weighted by Gasteiger charge is 2.26. The van der Waals surface area contributed by atoms with Crippen LogP contribution in [0.5, 0.6) is 0 Å². The lowest BCUT2D eigenvalue weighted by Crippen LogP contribution is -2.40. The van der Waals surface area contributed by atoms with Crippen LogP contribution in [0.2, 0.25) is 0 Å². The summed E-state index contributed by atoms with van der Waals surface area (Å²) in [5, 5.41) is 9.76. The predicted octanol–water partition coefficient (Wildman–Crippen LogP) is 3.05. The standard InChI is InChI=1S/C19H25NO4/c1-13-10-15-12-18(24-17(15)11-14(13)2)19(22)20-6-4-16(5-7-20)23-9-3-8-21/h10-12,16,21H,3-9H2,1-2H3. The van der Waals surface area contributed by atoms with Crippen LogP contribution in [-0.4, -0.2) is 48.3 Å². The van der Waals surface area contributed by atoms with Crippen molar-refractivity contribution in [2.24, 2.45) is 0 Å². The third kappa shape index (κ3) is 3.62. The van der Waals surface area contributed by atoms with Crippen LogP contribution in [0.25, 0.3) is 11.0 Å². The number of benzene rings is 1. The van der Waals surface area contributed by atoms with Crippen LogP contribution in [0.1, 0.15) is 40.9 Å². The van der Waals surface area contributed by atoms with Crippen molar-refractivity contribution in [2.45, 2.75) is 39.2 Å². The zero-order valence-corrected chi connectivity index (χ0v) is 14.4. The summed E-state index contributed by atoms with van der Waals surface area (Å²) in [6.07, 6.45) is 2.50. The van der Waals surface area contributed by atoms with Crippen molar-refractivity contribution in [3.8, 4) is 0 Å². The third-order valence-electron chi connectivity index (χ3n) is 4.73. The Morgan fingerprint density at radius 2 is 1.96 bits per heavy atom. The highest BCUT2D eigenvalue weighted by Crippen LogP contribution is 2.25. The summed E-state index contributed by atoms with van der Waals surface area (Å²) >= 11 is 0. The maximum atomic E-state index is 12.7. The van der Waals surface area contributed by atoms with Gasteiger partial charge >= 0.3 is 0 Å². The van der Waals surface area contributed by atoms with Crippen LogP contribution in [0.3, 0.4) is 0 Å². The van der Waals surface area contributed by atoms with Gasteiger partial charge in [0.25, 0.3) is 5.91 Å². The second kappa shape index (κ2) is 7.36. The van der Waals surface area contributed by atoms with Gasteiger partial charge in [-0.2, -0.15) is 0 Å². The first-order valence-corrected chi connectivity index (χ1v) is 8.61. The Balaban J connectivity index is 1.63. The zero-order valence-electron chi connectivity index (χ0n) is 14.4. The fourth-order valence-corrected chi connectivity index (χ4v) is 3.10. The topological polar surface area (TPSA) is 62.9 Å². The molecular formula is C19H25NO4. The molecular weight excluding hydrogens is 306 g/mol. The van der Waals surface area contributed by atoms with Crippen LogP contribution < -0.4 is 0 Å². The number of furan rings is 1. The van der Waals surface area contributed by atoms with Gasteiger partial charge < -0.3 is 19.2 Å². The van der Waals surface area contributed by atoms with Crippen LogP contribution in [-0.2, 0) is 4.74 Å². The van der Waals surface area contributed by atoms with Crippen molar-refractivity contribution in [3.63, 3.8) is 0 Å². The Kier molecular flexibility index (Phi) is 5.21. The Morgan fingerprint density at radius 3 is 2.67 bits per heavy atom. The Labute approximate surface area is 142 Å². The van der Waals surface area contributed by atoms with Crippen molar-refractivity contribution in [1.82, 2.24) is 4.90 Å². The predicted molar refractivity (Wildman–Crippen MR) is 92.3 cm³/mol. The summed E-state index contributed by atoms with van der Waals surface area (Å²) in [6, 6.07) is 5.89. The number of ether oxygens (including phenoxy) is 1. The molecule has 3 rings (SSSR count). The van der Waals surface area contributed by atoms with Crippen LogP contribution >= 0.6 is 0 Å². The first-order valence-electron chi connectivity index (χ1n) is 8.61. The summed E-state index contributed by atoms with van der Waals surface area (Å²) < 4.78 is 11.5. The van der Waals surface area contributed by atoms with Crippen LogP contribution in [0.4, 0.5) is 0 Å². The van der Waals surface area contributed by atoms with E-state index in [1.165, 1.54) is 5.56 Å². The van der Waals surface area contributed by atoms with Crippen molar-refractivity contribution in [3.05, 3.63) is 35.1 Å². The first kappa shape index (κ1) is 17.0. The molecule has 1 aliphatic rings. The fraction of sp³-hybridized carbons (Fsp3) is 0.526. The SMILES string of the molecule is Cc1cc2cc(C(=O)N3CCC(OCCCO)CC3)oc2cc1C. The number of fused-ring (bicyclic) bond motifs is 1. The highest BCUT2D eigenvalue weighted by atomic mass is 16.5. The summed E-state index contributed by atoms with van der Waals surface area (Å²) in [5.74, 6) is 0.366. The molecule has 0 atom stereocenters. The van der Waals surface area contributed by atoms with E-state index in [0.717, 1.165) is 29.4 Å². The van der Waals surface area contributed by atoms with E-state index in [9.17, 15) is 4.79 Å². The smallest absolute Gasteiger partial charge is 0.289 e. The molecule has 5 heteroatoms. The highest BCUT2D eigenvalue weighted by molar-refractivity contribution is 5.96. The molecule has 1 aliphatic heterocycles. The van der Waals surface area contributed by atoms with E-state index in [-0.39, 0.29) is 18.6 Å². The van der Waals surface area contributed by atoms with E-state index in [0.29, 0.717) is 31.9 Å². The minimum atomic E-state index is -0.0460. The lowest BCUT2D eigenvalue weighted by atomic mass is 10.1. The molecule has 0 saturated carbocycles. The molecule has 1 saturated heterocycles. The largest absolute Gasteiger partial charge is 0.451 e. The van der Waals surface area contributed by atoms with E-state index in [1.807, 2.05) is 24.0 Å². The lowest BCUT2D eigenvalue weighted by molar-refractivity contribution is 0.00332. The number of amides is 1. The fourth-order valence-electron chi connectivity index (χ4n) is 3.10. The molecule has 0 unspecified atom stereocenters. The molecule has 1 aromatic carbocycles. The number of carbonyl (C=O) groups excluding carboxylic acids is 1. The van der Waals surface area contributed by atoms with Gasteiger partial charge in [0.15, 0.2) is 5.76 Å². The van der Waals surface area contributed by atoms with Gasteiger partial charge in [0.2, 0.25) is 0 Å². The number of aliphatic hydroxyl groups excluding tert-OH is 1. The number of carbonyl (C=O) groups is 1. The normalized spacial score (nSPS) is 16.0. The summed E-state index contributed by atoms with van der Waals surface area (Å²) in [7, 11) is 0. The van der Waals surface area contributed by atoms with Gasteiger partial charge in [-0.15, -0.1) is 0 Å². The molecule has 0 spiro atoms. The zero-order chi connectivity index (χ0) is 17.1. The van der Waals surface area contributed by atoms with Crippen LogP contribution in [0, 0.1) is 13.8 Å². The number of hydrogen-bond donors (Lipinski definition) is 1. The van der Waals surface area contributed by atoms with Gasteiger partial charge in [0.1, 0.15) is 5.58 Å². The van der Waals surface area contributed by atoms with Gasteiger partial charge in [-0.25, -0.2) is 0 Å². The van der Waals surface area contributed by atoms with E-state index in [1.54, 1.807) is 0 Å². The third-order valence-corrected chi connectivity index (χ3v) is 4.73. The molecule has 1 N–H and O–H groups in total. The number of rotatable bonds is 5. The summed E-state index contributed by atoms with van der Waals surface area (Å²) in [5.41, 5.74) is 3.13. The Morgan fingerprint density at radius 1 is 1.25 bits per heavy atom. The minimum Gasteiger partial charge on any atom is -0.451 e. The van der Waals surface area contributed by atoms with Crippen molar-refractivity contribution in [2.75, 3.05) is 26.3 Å². The summed E-state index contributed by atoms with van der Waals surface area (Å²) in [6.45, 7) is 6.19. The molecule has 0 bridgehead atoms. The molecule has 2 aromatic rings. The van der Waals surface area contributed by atoms with Crippen molar-refractivity contribution in [1.29, 1.82) is 0 Å². The number of likely N-dealkylation sites (tertiary alicyclic amines) is 1. The molecule has 130 valence electrons. The molecule has 1 amide bonds. The second-order valence-corrected chi connectivity index (χ2v) is 6.52. The summed E-state index contributed by atoms with van der Waals surface area (Å²) in [4.78, 5) is 14.5. The monoisotopic (exact) mass is 331 g/mol. The molecule has 2 heterocycles. The number of nitrogens with zero attached hydrogens (tertiary/aromatic N) is 1. The lowest BCUT2D eigenvalue weighted by Gasteiger charge is -2.31. The molecule has 24 heavy (non-hydrogen) atoms. The van der Waals surface area contributed by atoms with Gasteiger partial charge in [-0.1, -0.05) is 0 Å². The maximum Gasteiger partial charge on any atom is 0.289 e. The first-order chi connectivity index (χ1) is 11.6. The quantitative estimate of drug-likeness (QED) is 0.855. The number of hydrogen-bond acceptors (Lipinski definition) is 4. The Bertz CT molecular complexity index is 674. The van der Waals surface area contributed by atoms with Crippen LogP contribution in [0.15, 0.2) is 22.6 Å². The van der Waals surface area contributed by atoms with E-state index < -0.39 is 0 Å². The Hall–Kier alpha value is -1.85. The average molecular weight is 331 g/mol. The van der Waals surface area contributed by atoms with Gasteiger partial charge in [-0.3, -0.25) is 4.79 Å². The molecule has 0 aliphatic carbocycles. The molecule has 0 radical (unpaired) electrons. The minimum absolute atomic E-state index is 0.0460. The van der Waals surface area contributed by atoms with Gasteiger partial charge in [0, 0.05) is 31.7 Å². The van der Waals surface area contributed by atoms with Crippen molar-refractivity contribution < 1.29 is 19.1 Å². The van der Waals surface area contributed by atoms with Gasteiger partial charge in [-0.05, 0) is 62.4 Å². The molecule has 1 fully saturated rings. The van der Waals surface area contributed by atoms with E-state index >= 15 is 0 Å². The molecule has 1 aromatic heterocycles.